The predicted molar refractivity (Wildman–Crippen MR) is 44.1 cm³/mol. The fourth-order valence-corrected chi connectivity index (χ4v) is 2.30. The largest absolute Gasteiger partial charge is 0.416 e. The van der Waals surface area contributed by atoms with Crippen LogP contribution in [0.3, 0.4) is 0 Å². The second kappa shape index (κ2) is 6.04. The van der Waals surface area contributed by atoms with Crippen LogP contribution in [0.15, 0.2) is 12.3 Å². The minimum atomic E-state index is -0.949. The predicted octanol–water partition coefficient (Wildman–Crippen LogP) is 1.88. The van der Waals surface area contributed by atoms with E-state index in [0.717, 1.165) is 6.61 Å². The van der Waals surface area contributed by atoms with E-state index in [1.807, 2.05) is 12.6 Å². The van der Waals surface area contributed by atoms with Crippen molar-refractivity contribution in [1.29, 1.82) is 0 Å². The van der Waals surface area contributed by atoms with Crippen molar-refractivity contribution in [2.75, 3.05) is 6.61 Å². The lowest BCUT2D eigenvalue weighted by Crippen LogP contribution is -2.13. The van der Waals surface area contributed by atoms with Gasteiger partial charge in [0.25, 0.3) is 0 Å². The molecule has 54 valence electrons. The molecular weight excluding hydrogens is 128 g/mol. The summed E-state index contributed by atoms with van der Waals surface area (Å²) < 4.78 is 5.45. The molecule has 0 fully saturated rings. The second-order valence-electron chi connectivity index (χ2n) is 2.02. The number of rotatable bonds is 5. The second-order valence-corrected chi connectivity index (χ2v) is 4.48. The first-order valence-corrected chi connectivity index (χ1v) is 5.54. The van der Waals surface area contributed by atoms with Gasteiger partial charge in [0.05, 0.1) is 0 Å². The zero-order valence-electron chi connectivity index (χ0n) is 6.39. The smallest absolute Gasteiger partial charge is 0.200 e. The van der Waals surface area contributed by atoms with Crippen LogP contribution in [0.2, 0.25) is 6.04 Å². The van der Waals surface area contributed by atoms with Gasteiger partial charge in [-0.05, 0) is 13.0 Å². The summed E-state index contributed by atoms with van der Waals surface area (Å²) in [6.45, 7) is 8.81. The molecule has 9 heavy (non-hydrogen) atoms. The molecular formula is C7H16OSi. The summed E-state index contributed by atoms with van der Waals surface area (Å²) in [4.78, 5) is 0. The Balaban J connectivity index is 3.29. The monoisotopic (exact) mass is 144 g/mol. The van der Waals surface area contributed by atoms with E-state index >= 15 is 0 Å². The van der Waals surface area contributed by atoms with Crippen molar-refractivity contribution in [2.45, 2.75) is 26.3 Å². The lowest BCUT2D eigenvalue weighted by Gasteiger charge is -2.07. The maximum Gasteiger partial charge on any atom is 0.200 e. The summed E-state index contributed by atoms with van der Waals surface area (Å²) in [7, 11) is -0.949. The highest BCUT2D eigenvalue weighted by Crippen LogP contribution is 1.98. The van der Waals surface area contributed by atoms with Crippen molar-refractivity contribution >= 4 is 9.04 Å². The topological polar surface area (TPSA) is 9.23 Å². The van der Waals surface area contributed by atoms with Crippen LogP contribution < -0.4 is 0 Å². The molecule has 0 heterocycles. The summed E-state index contributed by atoms with van der Waals surface area (Å²) in [5.74, 6) is 0. The van der Waals surface area contributed by atoms with Crippen molar-refractivity contribution in [3.05, 3.63) is 12.3 Å². The molecule has 0 saturated heterocycles. The molecule has 0 aromatic carbocycles. The van der Waals surface area contributed by atoms with Crippen LogP contribution in [0.1, 0.15) is 20.3 Å². The molecule has 2 heteroatoms. The molecule has 0 radical (unpaired) electrons. The zero-order chi connectivity index (χ0) is 7.11. The summed E-state index contributed by atoms with van der Waals surface area (Å²) in [5.41, 5.74) is 2.01. The van der Waals surface area contributed by atoms with Gasteiger partial charge in [0.2, 0.25) is 0 Å². The Morgan fingerprint density at radius 2 is 2.22 bits per heavy atom. The highest BCUT2D eigenvalue weighted by molar-refractivity contribution is 6.57. The van der Waals surface area contributed by atoms with Crippen molar-refractivity contribution in [2.24, 2.45) is 0 Å². The molecule has 1 unspecified atom stereocenters. The van der Waals surface area contributed by atoms with Crippen molar-refractivity contribution in [3.63, 3.8) is 0 Å². The Morgan fingerprint density at radius 3 is 2.56 bits per heavy atom. The molecule has 0 aliphatic heterocycles. The van der Waals surface area contributed by atoms with Gasteiger partial charge in [-0.2, -0.15) is 0 Å². The molecule has 0 amide bonds. The van der Waals surface area contributed by atoms with E-state index in [-0.39, 0.29) is 0 Å². The molecule has 0 aromatic rings. The normalized spacial score (nSPS) is 13.1. The van der Waals surface area contributed by atoms with E-state index in [4.69, 9.17) is 4.43 Å². The third-order valence-electron chi connectivity index (χ3n) is 1.22. The van der Waals surface area contributed by atoms with Gasteiger partial charge in [0.1, 0.15) is 0 Å². The van der Waals surface area contributed by atoms with E-state index in [9.17, 15) is 0 Å². The standard InChI is InChI=1S/C7H16OSi/c1-4-7-9(6-3)8-5-2/h6,9H,3-5,7H2,1-2H3. The van der Waals surface area contributed by atoms with E-state index in [1.165, 1.54) is 12.5 Å². The molecule has 1 atom stereocenters. The molecule has 0 aromatic heterocycles. The van der Waals surface area contributed by atoms with Gasteiger partial charge in [0.15, 0.2) is 9.04 Å². The van der Waals surface area contributed by atoms with Crippen LogP contribution in [0.4, 0.5) is 0 Å². The fourth-order valence-electron chi connectivity index (χ4n) is 0.768. The molecule has 0 bridgehead atoms. The number of hydrogen-bond acceptors (Lipinski definition) is 1. The van der Waals surface area contributed by atoms with Gasteiger partial charge in [-0.1, -0.05) is 19.0 Å². The summed E-state index contributed by atoms with van der Waals surface area (Å²) in [6.07, 6.45) is 1.23. The van der Waals surface area contributed by atoms with E-state index in [0.29, 0.717) is 0 Å². The third kappa shape index (κ3) is 4.42. The maximum absolute atomic E-state index is 5.45. The SMILES string of the molecule is C=C[SiH](CCC)OCC. The summed E-state index contributed by atoms with van der Waals surface area (Å²) in [6, 6.07) is 1.23. The Kier molecular flexibility index (Phi) is 5.99. The van der Waals surface area contributed by atoms with Gasteiger partial charge >= 0.3 is 0 Å². The maximum atomic E-state index is 5.45. The fraction of sp³-hybridized carbons (Fsp3) is 0.714. The van der Waals surface area contributed by atoms with Crippen LogP contribution >= 0.6 is 0 Å². The van der Waals surface area contributed by atoms with Gasteiger partial charge in [-0.3, -0.25) is 0 Å². The summed E-state index contributed by atoms with van der Waals surface area (Å²) in [5, 5.41) is 0. The minimum absolute atomic E-state index is 0.850. The average Bonchev–Trinajstić information content (AvgIpc) is 1.88. The Bertz CT molecular complexity index is 67.3. The van der Waals surface area contributed by atoms with Crippen LogP contribution in [0.5, 0.6) is 0 Å². The lowest BCUT2D eigenvalue weighted by molar-refractivity contribution is 0.348. The first kappa shape index (κ1) is 8.92. The van der Waals surface area contributed by atoms with Crippen LogP contribution in [0.25, 0.3) is 0 Å². The quantitative estimate of drug-likeness (QED) is 0.535. The van der Waals surface area contributed by atoms with E-state index in [2.05, 4.69) is 13.5 Å². The third-order valence-corrected chi connectivity index (χ3v) is 3.65. The van der Waals surface area contributed by atoms with Gasteiger partial charge in [0, 0.05) is 6.61 Å². The Hall–Kier alpha value is -0.0831. The van der Waals surface area contributed by atoms with E-state index < -0.39 is 9.04 Å². The van der Waals surface area contributed by atoms with Crippen LogP contribution in [0, 0.1) is 0 Å². The minimum Gasteiger partial charge on any atom is -0.416 e. The molecule has 0 spiro atoms. The molecule has 0 rings (SSSR count). The highest BCUT2D eigenvalue weighted by Gasteiger charge is 2.02. The molecule has 0 aliphatic rings. The van der Waals surface area contributed by atoms with Crippen molar-refractivity contribution in [1.82, 2.24) is 0 Å². The molecule has 0 N–H and O–H groups in total. The zero-order valence-corrected chi connectivity index (χ0v) is 7.55. The highest BCUT2D eigenvalue weighted by atomic mass is 28.3. The number of hydrogen-bond donors (Lipinski definition) is 0. The van der Waals surface area contributed by atoms with Gasteiger partial charge < -0.3 is 4.43 Å². The van der Waals surface area contributed by atoms with Gasteiger partial charge in [-0.25, -0.2) is 0 Å². The van der Waals surface area contributed by atoms with Crippen molar-refractivity contribution in [3.8, 4) is 0 Å². The van der Waals surface area contributed by atoms with E-state index in [1.54, 1.807) is 0 Å². The first-order chi connectivity index (χ1) is 4.35. The Morgan fingerprint density at radius 1 is 1.56 bits per heavy atom. The van der Waals surface area contributed by atoms with Crippen molar-refractivity contribution < 1.29 is 4.43 Å². The van der Waals surface area contributed by atoms with Gasteiger partial charge in [-0.15, -0.1) is 6.58 Å². The molecule has 0 saturated carbocycles. The van der Waals surface area contributed by atoms with Crippen LogP contribution in [-0.4, -0.2) is 15.6 Å². The Labute approximate surface area is 59.5 Å². The molecule has 1 nitrogen and oxygen atoms in total. The average molecular weight is 144 g/mol. The summed E-state index contributed by atoms with van der Waals surface area (Å²) >= 11 is 0. The lowest BCUT2D eigenvalue weighted by atomic mass is 10.6. The first-order valence-electron chi connectivity index (χ1n) is 3.59. The van der Waals surface area contributed by atoms with Crippen LogP contribution in [-0.2, 0) is 4.43 Å². The molecule has 0 aliphatic carbocycles.